The quantitative estimate of drug-likeness (QED) is 0.829. The fourth-order valence-electron chi connectivity index (χ4n) is 1.37. The minimum absolute atomic E-state index is 0.0374. The Labute approximate surface area is 104 Å². The molecule has 0 aliphatic heterocycles. The standard InChI is InChI=1S/C11H15FN2O2S/c1-7(10(6-15)17-2)14-11(16)8-3-4-13-5-9(8)12/h3-5,7,10,15H,6H2,1-2H3,(H,14,16)/t7-,10-/m0/s1. The van der Waals surface area contributed by atoms with Gasteiger partial charge >= 0.3 is 0 Å². The molecule has 4 nitrogen and oxygen atoms in total. The van der Waals surface area contributed by atoms with E-state index in [1.807, 2.05) is 6.26 Å². The number of aliphatic hydroxyl groups is 1. The van der Waals surface area contributed by atoms with Gasteiger partial charge in [0.15, 0.2) is 5.82 Å². The topological polar surface area (TPSA) is 62.2 Å². The van der Waals surface area contributed by atoms with Gasteiger partial charge in [-0.05, 0) is 19.2 Å². The van der Waals surface area contributed by atoms with Crippen LogP contribution in [0.3, 0.4) is 0 Å². The van der Waals surface area contributed by atoms with E-state index in [1.54, 1.807) is 6.92 Å². The summed E-state index contributed by atoms with van der Waals surface area (Å²) in [7, 11) is 0. The summed E-state index contributed by atoms with van der Waals surface area (Å²) in [6, 6.07) is 1.08. The second-order valence-electron chi connectivity index (χ2n) is 3.57. The number of aromatic nitrogens is 1. The highest BCUT2D eigenvalue weighted by Crippen LogP contribution is 2.11. The summed E-state index contributed by atoms with van der Waals surface area (Å²) in [5.74, 6) is -1.15. The fourth-order valence-corrected chi connectivity index (χ4v) is 2.00. The van der Waals surface area contributed by atoms with E-state index in [2.05, 4.69) is 10.3 Å². The Bertz CT molecular complexity index is 385. The van der Waals surface area contributed by atoms with Gasteiger partial charge in [0.05, 0.1) is 18.4 Å². The second kappa shape index (κ2) is 6.56. The molecule has 2 atom stereocenters. The number of aliphatic hydroxyl groups excluding tert-OH is 1. The third-order valence-corrected chi connectivity index (χ3v) is 3.58. The molecule has 1 aromatic rings. The Morgan fingerprint density at radius 1 is 1.71 bits per heavy atom. The van der Waals surface area contributed by atoms with Gasteiger partial charge in [0, 0.05) is 17.5 Å². The highest BCUT2D eigenvalue weighted by molar-refractivity contribution is 7.99. The number of hydrogen-bond donors (Lipinski definition) is 2. The van der Waals surface area contributed by atoms with E-state index in [4.69, 9.17) is 5.11 Å². The Morgan fingerprint density at radius 3 is 2.94 bits per heavy atom. The predicted molar refractivity (Wildman–Crippen MR) is 65.5 cm³/mol. The van der Waals surface area contributed by atoms with Crippen molar-refractivity contribution in [2.24, 2.45) is 0 Å². The number of nitrogens with one attached hydrogen (secondary N) is 1. The molecule has 17 heavy (non-hydrogen) atoms. The predicted octanol–water partition coefficient (Wildman–Crippen LogP) is 1.06. The summed E-state index contributed by atoms with van der Waals surface area (Å²) >= 11 is 1.45. The van der Waals surface area contributed by atoms with Gasteiger partial charge in [-0.15, -0.1) is 0 Å². The lowest BCUT2D eigenvalue weighted by molar-refractivity contribution is 0.0931. The molecule has 1 rings (SSSR count). The van der Waals surface area contributed by atoms with E-state index >= 15 is 0 Å². The van der Waals surface area contributed by atoms with Crippen LogP contribution in [0.25, 0.3) is 0 Å². The van der Waals surface area contributed by atoms with Gasteiger partial charge < -0.3 is 10.4 Å². The SMILES string of the molecule is CS[C@@H](CO)[C@H](C)NC(=O)c1ccncc1F. The molecule has 0 aromatic carbocycles. The monoisotopic (exact) mass is 258 g/mol. The molecule has 1 heterocycles. The number of amides is 1. The van der Waals surface area contributed by atoms with Gasteiger partial charge in [0.25, 0.3) is 5.91 Å². The molecule has 0 aliphatic carbocycles. The van der Waals surface area contributed by atoms with Crippen LogP contribution in [0.15, 0.2) is 18.5 Å². The summed E-state index contributed by atoms with van der Waals surface area (Å²) in [4.78, 5) is 15.3. The van der Waals surface area contributed by atoms with Crippen LogP contribution in [0.2, 0.25) is 0 Å². The molecule has 0 saturated heterocycles. The molecule has 0 saturated carbocycles. The number of thioether (sulfide) groups is 1. The van der Waals surface area contributed by atoms with Crippen molar-refractivity contribution in [2.45, 2.75) is 18.2 Å². The maximum atomic E-state index is 13.3. The van der Waals surface area contributed by atoms with Crippen LogP contribution < -0.4 is 5.32 Å². The van der Waals surface area contributed by atoms with Crippen molar-refractivity contribution < 1.29 is 14.3 Å². The van der Waals surface area contributed by atoms with Gasteiger partial charge in [-0.2, -0.15) is 11.8 Å². The van der Waals surface area contributed by atoms with E-state index in [0.29, 0.717) is 0 Å². The summed E-state index contributed by atoms with van der Waals surface area (Å²) in [5.41, 5.74) is -0.0374. The van der Waals surface area contributed by atoms with Crippen molar-refractivity contribution in [3.8, 4) is 0 Å². The zero-order valence-electron chi connectivity index (χ0n) is 9.68. The van der Waals surface area contributed by atoms with Crippen LogP contribution in [0.1, 0.15) is 17.3 Å². The Morgan fingerprint density at radius 2 is 2.41 bits per heavy atom. The lowest BCUT2D eigenvalue weighted by atomic mass is 10.2. The first-order chi connectivity index (χ1) is 8.10. The molecule has 94 valence electrons. The normalized spacial score (nSPS) is 14.1. The molecule has 1 aromatic heterocycles. The van der Waals surface area contributed by atoms with Crippen molar-refractivity contribution in [3.05, 3.63) is 29.8 Å². The van der Waals surface area contributed by atoms with Crippen molar-refractivity contribution in [1.82, 2.24) is 10.3 Å². The van der Waals surface area contributed by atoms with E-state index < -0.39 is 11.7 Å². The van der Waals surface area contributed by atoms with E-state index in [9.17, 15) is 9.18 Å². The number of rotatable bonds is 5. The molecule has 6 heteroatoms. The highest BCUT2D eigenvalue weighted by Gasteiger charge is 2.19. The van der Waals surface area contributed by atoms with Gasteiger partial charge in [0.2, 0.25) is 0 Å². The number of halogens is 1. The molecule has 1 amide bonds. The van der Waals surface area contributed by atoms with Crippen LogP contribution >= 0.6 is 11.8 Å². The van der Waals surface area contributed by atoms with Crippen LogP contribution in [0, 0.1) is 5.82 Å². The molecule has 0 fully saturated rings. The maximum absolute atomic E-state index is 13.3. The smallest absolute Gasteiger partial charge is 0.254 e. The van der Waals surface area contributed by atoms with Gasteiger partial charge in [-0.25, -0.2) is 4.39 Å². The Balaban J connectivity index is 2.70. The first-order valence-corrected chi connectivity index (χ1v) is 6.43. The lowest BCUT2D eigenvalue weighted by Crippen LogP contribution is -2.41. The van der Waals surface area contributed by atoms with Crippen LogP contribution in [-0.2, 0) is 0 Å². The van der Waals surface area contributed by atoms with Gasteiger partial charge in [-0.1, -0.05) is 0 Å². The van der Waals surface area contributed by atoms with Crippen LogP contribution in [-0.4, -0.2) is 40.2 Å². The summed E-state index contributed by atoms with van der Waals surface area (Å²) < 4.78 is 13.3. The van der Waals surface area contributed by atoms with E-state index in [1.165, 1.54) is 24.0 Å². The number of pyridine rings is 1. The zero-order chi connectivity index (χ0) is 12.8. The fraction of sp³-hybridized carbons (Fsp3) is 0.455. The zero-order valence-corrected chi connectivity index (χ0v) is 10.5. The molecule has 0 aliphatic rings. The summed E-state index contributed by atoms with van der Waals surface area (Å²) in [6.07, 6.45) is 4.20. The number of hydrogen-bond acceptors (Lipinski definition) is 4. The molecule has 0 radical (unpaired) electrons. The van der Waals surface area contributed by atoms with Crippen molar-refractivity contribution in [3.63, 3.8) is 0 Å². The number of nitrogens with zero attached hydrogens (tertiary/aromatic N) is 1. The largest absolute Gasteiger partial charge is 0.395 e. The molecular formula is C11H15FN2O2S. The third kappa shape index (κ3) is 3.67. The first kappa shape index (κ1) is 13.9. The average molecular weight is 258 g/mol. The van der Waals surface area contributed by atoms with Gasteiger partial charge in [-0.3, -0.25) is 9.78 Å². The lowest BCUT2D eigenvalue weighted by Gasteiger charge is -2.21. The Kier molecular flexibility index (Phi) is 5.37. The maximum Gasteiger partial charge on any atom is 0.254 e. The Hall–Kier alpha value is -1.14. The second-order valence-corrected chi connectivity index (χ2v) is 4.65. The molecule has 0 spiro atoms. The molecule has 0 unspecified atom stereocenters. The average Bonchev–Trinajstić information content (AvgIpc) is 2.31. The first-order valence-electron chi connectivity index (χ1n) is 5.14. The highest BCUT2D eigenvalue weighted by atomic mass is 32.2. The summed E-state index contributed by atoms with van der Waals surface area (Å²) in [6.45, 7) is 1.73. The molecule has 2 N–H and O–H groups in total. The van der Waals surface area contributed by atoms with E-state index in [-0.39, 0.29) is 23.5 Å². The molecular weight excluding hydrogens is 243 g/mol. The van der Waals surface area contributed by atoms with Crippen molar-refractivity contribution >= 4 is 17.7 Å². The minimum Gasteiger partial charge on any atom is -0.395 e. The van der Waals surface area contributed by atoms with Crippen molar-refractivity contribution in [2.75, 3.05) is 12.9 Å². The number of carbonyl (C=O) groups excluding carboxylic acids is 1. The van der Waals surface area contributed by atoms with Crippen molar-refractivity contribution in [1.29, 1.82) is 0 Å². The van der Waals surface area contributed by atoms with Crippen LogP contribution in [0.5, 0.6) is 0 Å². The van der Waals surface area contributed by atoms with E-state index in [0.717, 1.165) is 6.20 Å². The van der Waals surface area contributed by atoms with Crippen LogP contribution in [0.4, 0.5) is 4.39 Å². The molecule has 0 bridgehead atoms. The minimum atomic E-state index is -0.651. The third-order valence-electron chi connectivity index (χ3n) is 2.42. The summed E-state index contributed by atoms with van der Waals surface area (Å²) in [5, 5.41) is 11.6. The number of carbonyl (C=O) groups is 1. The van der Waals surface area contributed by atoms with Gasteiger partial charge in [0.1, 0.15) is 0 Å².